The normalized spacial score (nSPS) is 21.9. The molecule has 2 aromatic carbocycles. The number of nitrogens with one attached hydrogen (secondary N) is 1. The Labute approximate surface area is 209 Å². The number of carbonyl (C=O) groups excluding carboxylic acids is 2. The minimum atomic E-state index is -0.842. The number of likely N-dealkylation sites (tertiary alicyclic amines) is 1. The third-order valence-corrected chi connectivity index (χ3v) is 7.80. The molecule has 2 aromatic rings. The fourth-order valence-corrected chi connectivity index (χ4v) is 5.56. The molecule has 2 saturated heterocycles. The van der Waals surface area contributed by atoms with E-state index in [-0.39, 0.29) is 24.4 Å². The Morgan fingerprint density at radius 3 is 2.34 bits per heavy atom. The molecule has 2 heterocycles. The number of carbonyl (C=O) groups is 2. The lowest BCUT2D eigenvalue weighted by atomic mass is 9.74. The summed E-state index contributed by atoms with van der Waals surface area (Å²) in [5, 5.41) is 3.15. The number of hydrogen-bond donors (Lipinski definition) is 1. The first-order valence-electron chi connectivity index (χ1n) is 12.9. The van der Waals surface area contributed by atoms with Crippen LogP contribution in [0.25, 0.3) is 0 Å². The molecule has 2 unspecified atom stereocenters. The van der Waals surface area contributed by atoms with Crippen LogP contribution in [0.2, 0.25) is 0 Å². The zero-order valence-electron chi connectivity index (χ0n) is 21.0. The predicted octanol–water partition coefficient (Wildman–Crippen LogP) is 4.84. The largest absolute Gasteiger partial charge is 0.325 e. The summed E-state index contributed by atoms with van der Waals surface area (Å²) in [6.07, 6.45) is 4.32. The van der Waals surface area contributed by atoms with Crippen LogP contribution in [-0.4, -0.2) is 53.5 Å². The lowest BCUT2D eigenvalue weighted by Crippen LogP contribution is -2.56. The van der Waals surface area contributed by atoms with E-state index in [0.717, 1.165) is 45.3 Å². The lowest BCUT2D eigenvalue weighted by Gasteiger charge is -2.41. The Morgan fingerprint density at radius 1 is 1.03 bits per heavy atom. The minimum Gasteiger partial charge on any atom is -0.323 e. The molecule has 184 valence electrons. The van der Waals surface area contributed by atoms with Gasteiger partial charge in [0.25, 0.3) is 5.91 Å². The molecule has 35 heavy (non-hydrogen) atoms. The monoisotopic (exact) mass is 471 g/mol. The summed E-state index contributed by atoms with van der Waals surface area (Å²) in [5.74, 6) is 6.26. The van der Waals surface area contributed by atoms with Gasteiger partial charge in [-0.2, -0.15) is 0 Å². The number of benzene rings is 2. The van der Waals surface area contributed by atoms with Crippen molar-refractivity contribution in [3.05, 3.63) is 71.8 Å². The molecule has 2 atom stereocenters. The third-order valence-electron chi connectivity index (χ3n) is 7.80. The molecule has 4 rings (SSSR count). The van der Waals surface area contributed by atoms with Crippen molar-refractivity contribution in [2.45, 2.75) is 57.4 Å². The van der Waals surface area contributed by atoms with Crippen LogP contribution in [0.1, 0.15) is 56.6 Å². The molecule has 5 nitrogen and oxygen atoms in total. The summed E-state index contributed by atoms with van der Waals surface area (Å²) >= 11 is 0. The maximum atomic E-state index is 13.7. The van der Waals surface area contributed by atoms with Crippen LogP contribution in [-0.2, 0) is 11.2 Å². The number of piperidine rings is 1. The number of aryl methyl sites for hydroxylation is 1. The smallest absolute Gasteiger partial charge is 0.323 e. The zero-order chi connectivity index (χ0) is 24.7. The molecule has 2 fully saturated rings. The average Bonchev–Trinajstić information content (AvgIpc) is 3.15. The quantitative estimate of drug-likeness (QED) is 0.421. The number of amides is 3. The van der Waals surface area contributed by atoms with E-state index in [0.29, 0.717) is 12.3 Å². The van der Waals surface area contributed by atoms with Gasteiger partial charge in [0.2, 0.25) is 0 Å². The minimum absolute atomic E-state index is 0.0997. The number of rotatable bonds is 9. The van der Waals surface area contributed by atoms with Gasteiger partial charge >= 0.3 is 6.03 Å². The summed E-state index contributed by atoms with van der Waals surface area (Å²) in [6.45, 7) is 7.15. The number of nitrogens with zero attached hydrogens (tertiary/aromatic N) is 2. The van der Waals surface area contributed by atoms with Crippen LogP contribution in [0.15, 0.2) is 60.7 Å². The first-order chi connectivity index (χ1) is 17.0. The Kier molecular flexibility index (Phi) is 8.25. The highest BCUT2D eigenvalue weighted by atomic mass is 16.2. The second kappa shape index (κ2) is 11.6. The summed E-state index contributed by atoms with van der Waals surface area (Å²) in [6, 6.07) is 20.6. The zero-order valence-corrected chi connectivity index (χ0v) is 21.0. The van der Waals surface area contributed by atoms with Crippen molar-refractivity contribution >= 4 is 11.9 Å². The fourth-order valence-electron chi connectivity index (χ4n) is 5.56. The topological polar surface area (TPSA) is 52.7 Å². The van der Waals surface area contributed by atoms with Crippen LogP contribution < -0.4 is 5.32 Å². The SMILES string of the molecule is CC#CCN1C(=O)NC(CCc2ccccc2)(C2CCN(CCC(C)c3ccccc3)CC2)C1=O. The van der Waals surface area contributed by atoms with Crippen LogP contribution >= 0.6 is 0 Å². The second-order valence-corrected chi connectivity index (χ2v) is 9.92. The molecule has 0 saturated carbocycles. The molecule has 5 heteroatoms. The number of urea groups is 1. The average molecular weight is 472 g/mol. The van der Waals surface area contributed by atoms with Crippen molar-refractivity contribution < 1.29 is 9.59 Å². The van der Waals surface area contributed by atoms with Crippen molar-refractivity contribution in [1.82, 2.24) is 15.1 Å². The molecule has 0 radical (unpaired) electrons. The van der Waals surface area contributed by atoms with Crippen LogP contribution in [0.3, 0.4) is 0 Å². The van der Waals surface area contributed by atoms with Gasteiger partial charge in [0, 0.05) is 0 Å². The summed E-state index contributed by atoms with van der Waals surface area (Å²) < 4.78 is 0. The Balaban J connectivity index is 1.42. The van der Waals surface area contributed by atoms with Gasteiger partial charge < -0.3 is 10.2 Å². The molecule has 0 spiro atoms. The lowest BCUT2D eigenvalue weighted by molar-refractivity contribution is -0.133. The second-order valence-electron chi connectivity index (χ2n) is 9.92. The highest BCUT2D eigenvalue weighted by molar-refractivity contribution is 6.07. The van der Waals surface area contributed by atoms with Crippen LogP contribution in [0, 0.1) is 17.8 Å². The van der Waals surface area contributed by atoms with Crippen molar-refractivity contribution in [1.29, 1.82) is 0 Å². The summed E-state index contributed by atoms with van der Waals surface area (Å²) in [5.41, 5.74) is 1.73. The van der Waals surface area contributed by atoms with Gasteiger partial charge in [-0.25, -0.2) is 4.79 Å². The van der Waals surface area contributed by atoms with E-state index in [4.69, 9.17) is 0 Å². The fraction of sp³-hybridized carbons (Fsp3) is 0.467. The summed E-state index contributed by atoms with van der Waals surface area (Å²) in [4.78, 5) is 30.4. The van der Waals surface area contributed by atoms with E-state index < -0.39 is 5.54 Å². The Morgan fingerprint density at radius 2 is 1.69 bits per heavy atom. The Bertz CT molecular complexity index is 1050. The van der Waals surface area contributed by atoms with E-state index in [1.165, 1.54) is 16.0 Å². The molecule has 0 aromatic heterocycles. The van der Waals surface area contributed by atoms with Crippen molar-refractivity contribution in [3.63, 3.8) is 0 Å². The van der Waals surface area contributed by atoms with E-state index in [1.807, 2.05) is 18.2 Å². The molecule has 1 N–H and O–H groups in total. The molecular weight excluding hydrogens is 434 g/mol. The van der Waals surface area contributed by atoms with Crippen LogP contribution in [0.5, 0.6) is 0 Å². The van der Waals surface area contributed by atoms with E-state index in [9.17, 15) is 9.59 Å². The van der Waals surface area contributed by atoms with Crippen LogP contribution in [0.4, 0.5) is 4.79 Å². The maximum absolute atomic E-state index is 13.7. The molecule has 2 aliphatic rings. The third kappa shape index (κ3) is 5.77. The van der Waals surface area contributed by atoms with E-state index in [1.54, 1.807) is 6.92 Å². The molecule has 3 amide bonds. The molecule has 0 bridgehead atoms. The van der Waals surface area contributed by atoms with Gasteiger partial charge in [0.05, 0.1) is 6.54 Å². The first-order valence-corrected chi connectivity index (χ1v) is 12.9. The van der Waals surface area contributed by atoms with Crippen molar-refractivity contribution in [2.24, 2.45) is 5.92 Å². The highest BCUT2D eigenvalue weighted by Gasteiger charge is 2.55. The summed E-state index contributed by atoms with van der Waals surface area (Å²) in [7, 11) is 0. The van der Waals surface area contributed by atoms with Gasteiger partial charge in [0.15, 0.2) is 0 Å². The molecule has 0 aliphatic carbocycles. The highest BCUT2D eigenvalue weighted by Crippen LogP contribution is 2.37. The van der Waals surface area contributed by atoms with Gasteiger partial charge in [-0.05, 0) is 81.6 Å². The van der Waals surface area contributed by atoms with Gasteiger partial charge in [0.1, 0.15) is 5.54 Å². The van der Waals surface area contributed by atoms with Crippen molar-refractivity contribution in [2.75, 3.05) is 26.2 Å². The van der Waals surface area contributed by atoms with Gasteiger partial charge in [-0.15, -0.1) is 5.92 Å². The molecular formula is C30H37N3O2. The number of hydrogen-bond acceptors (Lipinski definition) is 3. The van der Waals surface area contributed by atoms with Crippen molar-refractivity contribution in [3.8, 4) is 11.8 Å². The standard InChI is InChI=1S/C30H37N3O2/c1-3-4-20-33-28(34)30(31-29(33)35,19-15-25-11-7-5-8-12-25)27-17-22-32(23-18-27)21-16-24(2)26-13-9-6-10-14-26/h5-14,24,27H,15-23H2,1-2H3,(H,31,35). The van der Waals surface area contributed by atoms with Gasteiger partial charge in [-0.1, -0.05) is 73.5 Å². The molecule has 2 aliphatic heterocycles. The Hall–Kier alpha value is -3.10. The van der Waals surface area contributed by atoms with E-state index >= 15 is 0 Å². The predicted molar refractivity (Wildman–Crippen MR) is 140 cm³/mol. The first kappa shape index (κ1) is 25.0. The maximum Gasteiger partial charge on any atom is 0.325 e. The number of imide groups is 1. The van der Waals surface area contributed by atoms with E-state index in [2.05, 4.69) is 71.4 Å². The van der Waals surface area contributed by atoms with Gasteiger partial charge in [-0.3, -0.25) is 9.69 Å².